The Morgan fingerprint density at radius 2 is 1.95 bits per heavy atom. The minimum absolute atomic E-state index is 0.0303. The molecule has 0 aliphatic carbocycles. The monoisotopic (exact) mass is 298 g/mol. The Labute approximate surface area is 120 Å². The topological polar surface area (TPSA) is 55.9 Å². The molecule has 21 heavy (non-hydrogen) atoms. The van der Waals surface area contributed by atoms with Gasteiger partial charge in [0, 0.05) is 13.6 Å². The van der Waals surface area contributed by atoms with Crippen LogP contribution in [0.1, 0.15) is 23.7 Å². The van der Waals surface area contributed by atoms with Crippen molar-refractivity contribution in [3.05, 3.63) is 41.1 Å². The van der Waals surface area contributed by atoms with Gasteiger partial charge in [-0.25, -0.2) is 0 Å². The molecule has 114 valence electrons. The predicted molar refractivity (Wildman–Crippen MR) is 75.8 cm³/mol. The zero-order chi connectivity index (χ0) is 15.6. The number of aromatic nitrogens is 2. The third-order valence-electron chi connectivity index (χ3n) is 3.26. The van der Waals surface area contributed by atoms with Crippen LogP contribution in [-0.4, -0.2) is 9.78 Å². The Bertz CT molecular complexity index is 632. The van der Waals surface area contributed by atoms with E-state index in [2.05, 4.69) is 10.4 Å². The third kappa shape index (κ3) is 3.12. The van der Waals surface area contributed by atoms with Gasteiger partial charge in [0.1, 0.15) is 5.82 Å². The fourth-order valence-electron chi connectivity index (χ4n) is 2.20. The molecule has 0 aliphatic rings. The Balaban J connectivity index is 2.24. The summed E-state index contributed by atoms with van der Waals surface area (Å²) in [6.45, 7) is 1.95. The van der Waals surface area contributed by atoms with Crippen molar-refractivity contribution >= 4 is 11.5 Å². The van der Waals surface area contributed by atoms with Crippen LogP contribution in [0, 0.1) is 0 Å². The number of nitrogen functional groups attached to an aromatic ring is 1. The van der Waals surface area contributed by atoms with Crippen LogP contribution in [0.4, 0.5) is 24.7 Å². The summed E-state index contributed by atoms with van der Waals surface area (Å²) in [4.78, 5) is 0. The van der Waals surface area contributed by atoms with Gasteiger partial charge in [-0.3, -0.25) is 4.68 Å². The number of halogens is 3. The van der Waals surface area contributed by atoms with Crippen LogP contribution in [0.15, 0.2) is 24.3 Å². The average molecular weight is 298 g/mol. The minimum Gasteiger partial charge on any atom is -0.394 e. The number of nitrogens with two attached hydrogens (primary N) is 1. The number of benzene rings is 1. The standard InChI is InChI=1S/C14H17F3N4/c1-3-11-12(18)13(21(2)20-11)19-8-9-6-4-5-7-10(9)14(15,16)17/h4-7,19H,3,8,18H2,1-2H3. The highest BCUT2D eigenvalue weighted by molar-refractivity contribution is 5.65. The zero-order valence-electron chi connectivity index (χ0n) is 11.8. The number of rotatable bonds is 4. The van der Waals surface area contributed by atoms with E-state index in [0.29, 0.717) is 17.9 Å². The summed E-state index contributed by atoms with van der Waals surface area (Å²) in [6, 6.07) is 5.47. The molecule has 1 aromatic heterocycles. The number of nitrogens with zero attached hydrogens (tertiary/aromatic N) is 2. The van der Waals surface area contributed by atoms with Gasteiger partial charge in [0.05, 0.1) is 16.9 Å². The van der Waals surface area contributed by atoms with E-state index in [1.54, 1.807) is 17.8 Å². The van der Waals surface area contributed by atoms with E-state index < -0.39 is 11.7 Å². The second kappa shape index (κ2) is 5.67. The average Bonchev–Trinajstić information content (AvgIpc) is 2.70. The summed E-state index contributed by atoms with van der Waals surface area (Å²) in [6.07, 6.45) is -3.70. The molecule has 1 aromatic carbocycles. The molecule has 0 fully saturated rings. The molecule has 0 spiro atoms. The fourth-order valence-corrected chi connectivity index (χ4v) is 2.20. The molecule has 0 aliphatic heterocycles. The van der Waals surface area contributed by atoms with Crippen molar-refractivity contribution in [2.24, 2.45) is 7.05 Å². The molecule has 0 amide bonds. The summed E-state index contributed by atoms with van der Waals surface area (Å²) in [5.41, 5.74) is 6.66. The quantitative estimate of drug-likeness (QED) is 0.911. The predicted octanol–water partition coefficient (Wildman–Crippen LogP) is 3.20. The lowest BCUT2D eigenvalue weighted by molar-refractivity contribution is -0.138. The van der Waals surface area contributed by atoms with E-state index in [9.17, 15) is 13.2 Å². The Hall–Kier alpha value is -2.18. The smallest absolute Gasteiger partial charge is 0.394 e. The molecule has 4 nitrogen and oxygen atoms in total. The summed E-state index contributed by atoms with van der Waals surface area (Å²) in [7, 11) is 1.70. The summed E-state index contributed by atoms with van der Waals surface area (Å²) in [5.74, 6) is 0.531. The van der Waals surface area contributed by atoms with Crippen molar-refractivity contribution in [1.29, 1.82) is 0 Å². The normalized spacial score (nSPS) is 11.7. The van der Waals surface area contributed by atoms with E-state index in [4.69, 9.17) is 5.73 Å². The molecule has 0 saturated carbocycles. The lowest BCUT2D eigenvalue weighted by Crippen LogP contribution is -2.13. The first-order valence-electron chi connectivity index (χ1n) is 6.55. The first kappa shape index (κ1) is 15.2. The van der Waals surface area contributed by atoms with Gasteiger partial charge in [-0.1, -0.05) is 25.1 Å². The number of hydrogen-bond donors (Lipinski definition) is 2. The van der Waals surface area contributed by atoms with Crippen LogP contribution < -0.4 is 11.1 Å². The number of anilines is 2. The molecule has 0 unspecified atom stereocenters. The van der Waals surface area contributed by atoms with Crippen LogP contribution in [0.25, 0.3) is 0 Å². The van der Waals surface area contributed by atoms with Crippen molar-refractivity contribution in [3.8, 4) is 0 Å². The van der Waals surface area contributed by atoms with Crippen molar-refractivity contribution in [1.82, 2.24) is 9.78 Å². The van der Waals surface area contributed by atoms with Gasteiger partial charge < -0.3 is 11.1 Å². The van der Waals surface area contributed by atoms with E-state index in [1.807, 2.05) is 6.92 Å². The van der Waals surface area contributed by atoms with Gasteiger partial charge in [0.25, 0.3) is 0 Å². The summed E-state index contributed by atoms with van der Waals surface area (Å²) >= 11 is 0. The summed E-state index contributed by atoms with van der Waals surface area (Å²) in [5, 5.41) is 7.16. The van der Waals surface area contributed by atoms with Crippen LogP contribution in [0.2, 0.25) is 0 Å². The summed E-state index contributed by atoms with van der Waals surface area (Å²) < 4.78 is 40.3. The van der Waals surface area contributed by atoms with Gasteiger partial charge in [0.15, 0.2) is 0 Å². The minimum atomic E-state index is -4.37. The van der Waals surface area contributed by atoms with Crippen LogP contribution in [-0.2, 0) is 26.2 Å². The maximum atomic E-state index is 12.9. The second-order valence-corrected chi connectivity index (χ2v) is 4.69. The Morgan fingerprint density at radius 1 is 1.29 bits per heavy atom. The first-order chi connectivity index (χ1) is 9.84. The van der Waals surface area contributed by atoms with E-state index in [0.717, 1.165) is 11.8 Å². The lowest BCUT2D eigenvalue weighted by atomic mass is 10.1. The molecule has 0 saturated heterocycles. The molecule has 2 rings (SSSR count). The highest BCUT2D eigenvalue weighted by Crippen LogP contribution is 2.32. The SMILES string of the molecule is CCc1nn(C)c(NCc2ccccc2C(F)(F)F)c1N. The molecule has 0 atom stereocenters. The zero-order valence-corrected chi connectivity index (χ0v) is 11.8. The van der Waals surface area contributed by atoms with E-state index in [1.165, 1.54) is 12.1 Å². The Morgan fingerprint density at radius 3 is 2.52 bits per heavy atom. The number of alkyl halides is 3. The third-order valence-corrected chi connectivity index (χ3v) is 3.26. The maximum absolute atomic E-state index is 12.9. The van der Waals surface area contributed by atoms with Crippen molar-refractivity contribution in [3.63, 3.8) is 0 Å². The molecule has 0 radical (unpaired) electrons. The van der Waals surface area contributed by atoms with E-state index >= 15 is 0 Å². The van der Waals surface area contributed by atoms with Crippen molar-refractivity contribution in [2.75, 3.05) is 11.1 Å². The number of aryl methyl sites for hydroxylation is 2. The maximum Gasteiger partial charge on any atom is 0.416 e. The van der Waals surface area contributed by atoms with Crippen LogP contribution >= 0.6 is 0 Å². The molecule has 1 heterocycles. The van der Waals surface area contributed by atoms with Gasteiger partial charge in [-0.15, -0.1) is 0 Å². The molecular weight excluding hydrogens is 281 g/mol. The van der Waals surface area contributed by atoms with Crippen molar-refractivity contribution in [2.45, 2.75) is 26.1 Å². The molecule has 2 aromatic rings. The van der Waals surface area contributed by atoms with Gasteiger partial charge in [-0.2, -0.15) is 18.3 Å². The fraction of sp³-hybridized carbons (Fsp3) is 0.357. The second-order valence-electron chi connectivity index (χ2n) is 4.69. The van der Waals surface area contributed by atoms with Crippen LogP contribution in [0.3, 0.4) is 0 Å². The van der Waals surface area contributed by atoms with Crippen molar-refractivity contribution < 1.29 is 13.2 Å². The molecule has 7 heteroatoms. The van der Waals surface area contributed by atoms with Gasteiger partial charge >= 0.3 is 6.18 Å². The van der Waals surface area contributed by atoms with Gasteiger partial charge in [-0.05, 0) is 18.1 Å². The molecule has 3 N–H and O–H groups in total. The van der Waals surface area contributed by atoms with Crippen LogP contribution in [0.5, 0.6) is 0 Å². The van der Waals surface area contributed by atoms with Gasteiger partial charge in [0.2, 0.25) is 0 Å². The lowest BCUT2D eigenvalue weighted by Gasteiger charge is -2.14. The van der Waals surface area contributed by atoms with E-state index in [-0.39, 0.29) is 12.1 Å². The first-order valence-corrected chi connectivity index (χ1v) is 6.55. The molecule has 0 bridgehead atoms. The number of hydrogen-bond acceptors (Lipinski definition) is 3. The largest absolute Gasteiger partial charge is 0.416 e. The highest BCUT2D eigenvalue weighted by atomic mass is 19.4. The molecular formula is C14H17F3N4. The number of nitrogens with one attached hydrogen (secondary N) is 1. The highest BCUT2D eigenvalue weighted by Gasteiger charge is 2.32. The Kier molecular flexibility index (Phi) is 4.11.